The van der Waals surface area contributed by atoms with Crippen molar-refractivity contribution in [1.82, 2.24) is 5.32 Å². The van der Waals surface area contributed by atoms with Crippen LogP contribution in [0.2, 0.25) is 0 Å². The van der Waals surface area contributed by atoms with Crippen molar-refractivity contribution in [1.29, 1.82) is 0 Å². The van der Waals surface area contributed by atoms with Crippen LogP contribution < -0.4 is 10.6 Å². The standard InChI is InChI=1S/C23H34N2O2/c1-23(2,3)19-10-6-7-11-20(19)25-22(27)17-12-14-18(15-13-17)24-21(26)16-8-4-5-9-16/h6-7,10-11,16-18H,4-5,8-9,12-15H2,1-3H3,(H,24,26)(H,25,27). The maximum Gasteiger partial charge on any atom is 0.227 e. The number of para-hydroxylation sites is 1. The van der Waals surface area contributed by atoms with E-state index in [9.17, 15) is 9.59 Å². The first-order valence-corrected chi connectivity index (χ1v) is 10.6. The molecule has 1 aromatic rings. The van der Waals surface area contributed by atoms with E-state index in [4.69, 9.17) is 0 Å². The Bertz CT molecular complexity index is 663. The first-order valence-electron chi connectivity index (χ1n) is 10.6. The van der Waals surface area contributed by atoms with Crippen LogP contribution in [0.4, 0.5) is 5.69 Å². The third-order valence-corrected chi connectivity index (χ3v) is 6.16. The number of amides is 2. The van der Waals surface area contributed by atoms with Crippen LogP contribution >= 0.6 is 0 Å². The zero-order valence-electron chi connectivity index (χ0n) is 17.0. The molecular weight excluding hydrogens is 336 g/mol. The SMILES string of the molecule is CC(C)(C)c1ccccc1NC(=O)C1CCC(NC(=O)C2CCCC2)CC1. The van der Waals surface area contributed by atoms with Crippen LogP contribution in [0, 0.1) is 11.8 Å². The van der Waals surface area contributed by atoms with Crippen molar-refractivity contribution in [3.63, 3.8) is 0 Å². The van der Waals surface area contributed by atoms with Gasteiger partial charge in [-0.05, 0) is 55.6 Å². The van der Waals surface area contributed by atoms with E-state index in [0.29, 0.717) is 0 Å². The topological polar surface area (TPSA) is 58.2 Å². The normalized spacial score (nSPS) is 23.8. The molecule has 2 saturated carbocycles. The van der Waals surface area contributed by atoms with Gasteiger partial charge in [-0.2, -0.15) is 0 Å². The molecule has 2 aliphatic carbocycles. The maximum atomic E-state index is 12.8. The van der Waals surface area contributed by atoms with Gasteiger partial charge in [0.25, 0.3) is 0 Å². The molecule has 0 spiro atoms. The first kappa shape index (κ1) is 19.9. The van der Waals surface area contributed by atoms with Crippen LogP contribution in [-0.4, -0.2) is 17.9 Å². The molecular formula is C23H34N2O2. The van der Waals surface area contributed by atoms with E-state index in [2.05, 4.69) is 37.5 Å². The van der Waals surface area contributed by atoms with E-state index in [0.717, 1.165) is 49.8 Å². The van der Waals surface area contributed by atoms with Gasteiger partial charge < -0.3 is 10.6 Å². The lowest BCUT2D eigenvalue weighted by Gasteiger charge is -2.30. The van der Waals surface area contributed by atoms with Crippen molar-refractivity contribution in [2.24, 2.45) is 11.8 Å². The minimum absolute atomic E-state index is 0.00788. The lowest BCUT2D eigenvalue weighted by atomic mass is 9.84. The maximum absolute atomic E-state index is 12.8. The molecule has 0 saturated heterocycles. The monoisotopic (exact) mass is 370 g/mol. The number of carbonyl (C=O) groups excluding carboxylic acids is 2. The number of anilines is 1. The molecule has 2 amide bonds. The highest BCUT2D eigenvalue weighted by molar-refractivity contribution is 5.93. The summed E-state index contributed by atoms with van der Waals surface area (Å²) in [6.07, 6.45) is 7.93. The zero-order chi connectivity index (χ0) is 19.4. The summed E-state index contributed by atoms with van der Waals surface area (Å²) in [5, 5.41) is 6.39. The van der Waals surface area contributed by atoms with E-state index in [-0.39, 0.29) is 35.1 Å². The van der Waals surface area contributed by atoms with Crippen molar-refractivity contribution in [3.05, 3.63) is 29.8 Å². The average molecular weight is 371 g/mol. The Morgan fingerprint density at radius 2 is 1.44 bits per heavy atom. The number of rotatable bonds is 4. The summed E-state index contributed by atoms with van der Waals surface area (Å²) in [6.45, 7) is 6.49. The van der Waals surface area contributed by atoms with Gasteiger partial charge in [-0.15, -0.1) is 0 Å². The van der Waals surface area contributed by atoms with Gasteiger partial charge >= 0.3 is 0 Å². The molecule has 4 heteroatoms. The summed E-state index contributed by atoms with van der Waals surface area (Å²) < 4.78 is 0. The molecule has 27 heavy (non-hydrogen) atoms. The first-order chi connectivity index (χ1) is 12.8. The molecule has 3 rings (SSSR count). The van der Waals surface area contributed by atoms with E-state index in [1.54, 1.807) is 0 Å². The van der Waals surface area contributed by atoms with Crippen molar-refractivity contribution in [3.8, 4) is 0 Å². The molecule has 0 heterocycles. The van der Waals surface area contributed by atoms with Crippen molar-refractivity contribution in [2.45, 2.75) is 83.6 Å². The fourth-order valence-corrected chi connectivity index (χ4v) is 4.49. The van der Waals surface area contributed by atoms with Crippen LogP contribution in [0.1, 0.15) is 77.7 Å². The summed E-state index contributed by atoms with van der Waals surface area (Å²) in [4.78, 5) is 25.1. The minimum atomic E-state index is -0.00788. The van der Waals surface area contributed by atoms with Gasteiger partial charge in [0.05, 0.1) is 0 Å². The largest absolute Gasteiger partial charge is 0.353 e. The summed E-state index contributed by atoms with van der Waals surface area (Å²) >= 11 is 0. The smallest absolute Gasteiger partial charge is 0.227 e. The molecule has 0 atom stereocenters. The minimum Gasteiger partial charge on any atom is -0.353 e. The van der Waals surface area contributed by atoms with Gasteiger partial charge in [0.15, 0.2) is 0 Å². The van der Waals surface area contributed by atoms with E-state index < -0.39 is 0 Å². The third kappa shape index (κ3) is 5.12. The Hall–Kier alpha value is -1.84. The number of nitrogens with one attached hydrogen (secondary N) is 2. The molecule has 2 fully saturated rings. The second kappa shape index (κ2) is 8.45. The Morgan fingerprint density at radius 1 is 0.852 bits per heavy atom. The van der Waals surface area contributed by atoms with Crippen LogP contribution in [0.3, 0.4) is 0 Å². The Labute approximate surface area is 163 Å². The molecule has 0 bridgehead atoms. The number of hydrogen-bond donors (Lipinski definition) is 2. The lowest BCUT2D eigenvalue weighted by Crippen LogP contribution is -2.41. The summed E-state index contributed by atoms with van der Waals surface area (Å²) in [6, 6.07) is 8.32. The van der Waals surface area contributed by atoms with Crippen molar-refractivity contribution < 1.29 is 9.59 Å². The van der Waals surface area contributed by atoms with Crippen LogP contribution in [0.5, 0.6) is 0 Å². The molecule has 1 aromatic carbocycles. The fourth-order valence-electron chi connectivity index (χ4n) is 4.49. The predicted molar refractivity (Wildman–Crippen MR) is 110 cm³/mol. The fraction of sp³-hybridized carbons (Fsp3) is 0.652. The molecule has 0 radical (unpaired) electrons. The van der Waals surface area contributed by atoms with Gasteiger partial charge in [0.1, 0.15) is 0 Å². The van der Waals surface area contributed by atoms with Gasteiger partial charge in [-0.25, -0.2) is 0 Å². The molecule has 0 aliphatic heterocycles. The zero-order valence-corrected chi connectivity index (χ0v) is 17.0. The molecule has 4 nitrogen and oxygen atoms in total. The van der Waals surface area contributed by atoms with Crippen molar-refractivity contribution in [2.75, 3.05) is 5.32 Å². The van der Waals surface area contributed by atoms with E-state index in [1.165, 1.54) is 12.8 Å². The average Bonchev–Trinajstić information content (AvgIpc) is 3.16. The number of carbonyl (C=O) groups is 2. The summed E-state index contributed by atoms with van der Waals surface area (Å²) in [7, 11) is 0. The lowest BCUT2D eigenvalue weighted by molar-refractivity contribution is -0.125. The highest BCUT2D eigenvalue weighted by atomic mass is 16.2. The highest BCUT2D eigenvalue weighted by Gasteiger charge is 2.30. The quantitative estimate of drug-likeness (QED) is 0.801. The second-order valence-electron chi connectivity index (χ2n) is 9.32. The Balaban J connectivity index is 1.51. The number of benzene rings is 1. The molecule has 0 unspecified atom stereocenters. The summed E-state index contributed by atoms with van der Waals surface area (Å²) in [5.41, 5.74) is 2.08. The van der Waals surface area contributed by atoms with Gasteiger partial charge in [0.2, 0.25) is 11.8 Å². The molecule has 2 N–H and O–H groups in total. The van der Waals surface area contributed by atoms with Gasteiger partial charge in [0, 0.05) is 23.6 Å². The van der Waals surface area contributed by atoms with Crippen LogP contribution in [0.15, 0.2) is 24.3 Å². The Morgan fingerprint density at radius 3 is 2.07 bits per heavy atom. The van der Waals surface area contributed by atoms with Gasteiger partial charge in [-0.1, -0.05) is 51.8 Å². The molecule has 148 valence electrons. The second-order valence-corrected chi connectivity index (χ2v) is 9.32. The summed E-state index contributed by atoms with van der Waals surface area (Å²) in [5.74, 6) is 0.615. The van der Waals surface area contributed by atoms with Crippen molar-refractivity contribution >= 4 is 17.5 Å². The van der Waals surface area contributed by atoms with Crippen LogP contribution in [-0.2, 0) is 15.0 Å². The van der Waals surface area contributed by atoms with E-state index >= 15 is 0 Å². The molecule has 2 aliphatic rings. The van der Waals surface area contributed by atoms with Crippen LogP contribution in [0.25, 0.3) is 0 Å². The third-order valence-electron chi connectivity index (χ3n) is 6.16. The molecule has 0 aromatic heterocycles. The Kier molecular flexibility index (Phi) is 6.23. The highest BCUT2D eigenvalue weighted by Crippen LogP contribution is 2.32. The van der Waals surface area contributed by atoms with E-state index in [1.807, 2.05) is 18.2 Å². The predicted octanol–water partition coefficient (Wildman–Crippen LogP) is 4.79. The van der Waals surface area contributed by atoms with Gasteiger partial charge in [-0.3, -0.25) is 9.59 Å². The number of hydrogen-bond acceptors (Lipinski definition) is 2.